The second-order valence-electron chi connectivity index (χ2n) is 6.83. The minimum absolute atomic E-state index is 0.474. The van der Waals surface area contributed by atoms with Gasteiger partial charge in [0.25, 0.3) is 0 Å². The first-order chi connectivity index (χ1) is 12.3. The molecule has 26 heavy (non-hydrogen) atoms. The predicted molar refractivity (Wildman–Crippen MR) is 101 cm³/mol. The lowest BCUT2D eigenvalue weighted by Gasteiger charge is -2.34. The third kappa shape index (κ3) is 3.34. The van der Waals surface area contributed by atoms with Gasteiger partial charge in [-0.2, -0.15) is 0 Å². The molecular weight excluding hydrogens is 330 g/mol. The summed E-state index contributed by atoms with van der Waals surface area (Å²) in [7, 11) is 0. The second kappa shape index (κ2) is 6.90. The summed E-state index contributed by atoms with van der Waals surface area (Å²) in [4.78, 5) is 11.3. The van der Waals surface area contributed by atoms with E-state index in [2.05, 4.69) is 12.1 Å². The van der Waals surface area contributed by atoms with Gasteiger partial charge in [0.15, 0.2) is 0 Å². The minimum atomic E-state index is -0.776. The summed E-state index contributed by atoms with van der Waals surface area (Å²) in [6, 6.07) is 10.2. The van der Waals surface area contributed by atoms with Crippen LogP contribution in [0, 0.1) is 13.8 Å². The van der Waals surface area contributed by atoms with Crippen LogP contribution in [0.3, 0.4) is 0 Å². The van der Waals surface area contributed by atoms with Crippen molar-refractivity contribution in [2.24, 2.45) is 5.73 Å². The predicted octanol–water partition coefficient (Wildman–Crippen LogP) is 4.46. The molecule has 1 aliphatic rings. The van der Waals surface area contributed by atoms with Gasteiger partial charge in [-0.3, -0.25) is 0 Å². The van der Waals surface area contributed by atoms with Gasteiger partial charge in [0.05, 0.1) is 13.2 Å². The SMILES string of the molecule is CCOc1c(C)cc(-c2ccc3c(c2)OCCC3(C)OC(N)=O)cc1C. The molecule has 0 aromatic heterocycles. The summed E-state index contributed by atoms with van der Waals surface area (Å²) in [5.41, 5.74) is 9.66. The first-order valence-corrected chi connectivity index (χ1v) is 8.84. The zero-order chi connectivity index (χ0) is 18.9. The number of amides is 1. The summed E-state index contributed by atoms with van der Waals surface area (Å²) in [6.45, 7) is 9.07. The summed E-state index contributed by atoms with van der Waals surface area (Å²) < 4.78 is 16.9. The van der Waals surface area contributed by atoms with E-state index in [0.717, 1.165) is 39.3 Å². The maximum Gasteiger partial charge on any atom is 0.405 e. The van der Waals surface area contributed by atoms with Gasteiger partial charge in [0.1, 0.15) is 17.1 Å². The van der Waals surface area contributed by atoms with Crippen LogP contribution in [0.25, 0.3) is 11.1 Å². The van der Waals surface area contributed by atoms with Crippen molar-refractivity contribution in [2.75, 3.05) is 13.2 Å². The largest absolute Gasteiger partial charge is 0.493 e. The van der Waals surface area contributed by atoms with Crippen molar-refractivity contribution in [3.63, 3.8) is 0 Å². The minimum Gasteiger partial charge on any atom is -0.493 e. The number of primary amides is 1. The van der Waals surface area contributed by atoms with Crippen LogP contribution in [0.1, 0.15) is 37.0 Å². The summed E-state index contributed by atoms with van der Waals surface area (Å²) >= 11 is 0. The van der Waals surface area contributed by atoms with Crippen molar-refractivity contribution in [1.82, 2.24) is 0 Å². The first-order valence-electron chi connectivity index (χ1n) is 8.84. The van der Waals surface area contributed by atoms with Gasteiger partial charge in [0.2, 0.25) is 0 Å². The normalized spacial score (nSPS) is 18.6. The fourth-order valence-corrected chi connectivity index (χ4v) is 3.57. The molecule has 1 unspecified atom stereocenters. The number of nitrogens with two attached hydrogens (primary N) is 1. The van der Waals surface area contributed by atoms with E-state index in [9.17, 15) is 4.79 Å². The molecule has 3 rings (SSSR count). The fraction of sp³-hybridized carbons (Fsp3) is 0.381. The Kier molecular flexibility index (Phi) is 4.81. The Bertz CT molecular complexity index is 823. The van der Waals surface area contributed by atoms with Crippen LogP contribution >= 0.6 is 0 Å². The molecule has 5 nitrogen and oxygen atoms in total. The van der Waals surface area contributed by atoms with Crippen LogP contribution in [0.2, 0.25) is 0 Å². The van der Waals surface area contributed by atoms with Crippen LogP contribution < -0.4 is 15.2 Å². The number of hydrogen-bond acceptors (Lipinski definition) is 4. The Labute approximate surface area is 154 Å². The molecule has 1 aliphatic heterocycles. The van der Waals surface area contributed by atoms with Crippen molar-refractivity contribution in [2.45, 2.75) is 39.7 Å². The van der Waals surface area contributed by atoms with E-state index in [4.69, 9.17) is 19.9 Å². The number of aryl methyl sites for hydroxylation is 2. The van der Waals surface area contributed by atoms with E-state index in [1.807, 2.05) is 45.9 Å². The average molecular weight is 355 g/mol. The maximum absolute atomic E-state index is 11.3. The zero-order valence-corrected chi connectivity index (χ0v) is 15.7. The molecule has 0 saturated heterocycles. The third-order valence-electron chi connectivity index (χ3n) is 4.80. The van der Waals surface area contributed by atoms with Gasteiger partial charge in [-0.25, -0.2) is 4.79 Å². The Balaban J connectivity index is 2.01. The smallest absolute Gasteiger partial charge is 0.405 e. The average Bonchev–Trinajstić information content (AvgIpc) is 2.57. The molecule has 1 atom stereocenters. The molecule has 5 heteroatoms. The molecule has 138 valence electrons. The van der Waals surface area contributed by atoms with Gasteiger partial charge in [-0.1, -0.05) is 12.1 Å². The topological polar surface area (TPSA) is 70.8 Å². The van der Waals surface area contributed by atoms with Crippen LogP contribution in [-0.2, 0) is 10.3 Å². The molecule has 0 spiro atoms. The molecule has 0 aliphatic carbocycles. The highest BCUT2D eigenvalue weighted by Crippen LogP contribution is 2.42. The van der Waals surface area contributed by atoms with Crippen molar-refractivity contribution >= 4 is 6.09 Å². The van der Waals surface area contributed by atoms with Gasteiger partial charge in [0, 0.05) is 12.0 Å². The van der Waals surface area contributed by atoms with E-state index >= 15 is 0 Å². The highest BCUT2D eigenvalue weighted by Gasteiger charge is 2.36. The molecule has 2 N–H and O–H groups in total. The van der Waals surface area contributed by atoms with Gasteiger partial charge in [-0.05, 0) is 68.1 Å². The standard InChI is InChI=1S/C21H25NO4/c1-5-24-19-13(2)10-16(11-14(19)3)15-6-7-17-18(12-15)25-9-8-21(17,4)26-20(22)23/h6-7,10-12H,5,8-9H2,1-4H3,(H2,22,23). The molecule has 2 aromatic rings. The lowest BCUT2D eigenvalue weighted by atomic mass is 9.88. The monoisotopic (exact) mass is 355 g/mol. The van der Waals surface area contributed by atoms with E-state index in [0.29, 0.717) is 19.6 Å². The van der Waals surface area contributed by atoms with Crippen LogP contribution in [0.5, 0.6) is 11.5 Å². The highest BCUT2D eigenvalue weighted by atomic mass is 16.6. The van der Waals surface area contributed by atoms with Gasteiger partial charge in [-0.15, -0.1) is 0 Å². The number of ether oxygens (including phenoxy) is 3. The fourth-order valence-electron chi connectivity index (χ4n) is 3.57. The lowest BCUT2D eigenvalue weighted by Crippen LogP contribution is -2.36. The Morgan fingerprint density at radius 2 is 1.88 bits per heavy atom. The molecular formula is C21H25NO4. The summed E-state index contributed by atoms with van der Waals surface area (Å²) in [6.07, 6.45) is -0.203. The number of benzene rings is 2. The van der Waals surface area contributed by atoms with Crippen molar-refractivity contribution in [1.29, 1.82) is 0 Å². The number of carbonyl (C=O) groups is 1. The van der Waals surface area contributed by atoms with Crippen molar-refractivity contribution < 1.29 is 19.0 Å². The van der Waals surface area contributed by atoms with Crippen molar-refractivity contribution in [3.05, 3.63) is 47.0 Å². The first kappa shape index (κ1) is 18.1. The molecule has 0 saturated carbocycles. The number of carbonyl (C=O) groups excluding carboxylic acids is 1. The van der Waals surface area contributed by atoms with Crippen molar-refractivity contribution in [3.8, 4) is 22.6 Å². The molecule has 2 aromatic carbocycles. The summed E-state index contributed by atoms with van der Waals surface area (Å²) in [5, 5.41) is 0. The van der Waals surface area contributed by atoms with E-state index < -0.39 is 11.7 Å². The maximum atomic E-state index is 11.3. The van der Waals surface area contributed by atoms with Gasteiger partial charge >= 0.3 is 6.09 Å². The van der Waals surface area contributed by atoms with Crippen LogP contribution in [0.15, 0.2) is 30.3 Å². The van der Waals surface area contributed by atoms with E-state index in [1.54, 1.807) is 0 Å². The molecule has 1 heterocycles. The van der Waals surface area contributed by atoms with E-state index in [1.165, 1.54) is 0 Å². The second-order valence-corrected chi connectivity index (χ2v) is 6.83. The molecule has 1 amide bonds. The number of fused-ring (bicyclic) bond motifs is 1. The van der Waals surface area contributed by atoms with Gasteiger partial charge < -0.3 is 19.9 Å². The lowest BCUT2D eigenvalue weighted by molar-refractivity contribution is -0.00280. The van der Waals surface area contributed by atoms with Crippen LogP contribution in [-0.4, -0.2) is 19.3 Å². The zero-order valence-electron chi connectivity index (χ0n) is 15.7. The molecule has 0 radical (unpaired) electrons. The number of hydrogen-bond donors (Lipinski definition) is 1. The Morgan fingerprint density at radius 3 is 2.50 bits per heavy atom. The summed E-state index contributed by atoms with van der Waals surface area (Å²) in [5.74, 6) is 1.66. The molecule has 0 bridgehead atoms. The Morgan fingerprint density at radius 1 is 1.19 bits per heavy atom. The highest BCUT2D eigenvalue weighted by molar-refractivity contribution is 5.70. The quantitative estimate of drug-likeness (QED) is 0.879. The number of rotatable bonds is 4. The third-order valence-corrected chi connectivity index (χ3v) is 4.80. The van der Waals surface area contributed by atoms with E-state index in [-0.39, 0.29) is 0 Å². The van der Waals surface area contributed by atoms with Crippen LogP contribution in [0.4, 0.5) is 4.79 Å². The molecule has 0 fully saturated rings. The Hall–Kier alpha value is -2.69.